The monoisotopic (exact) mass is 370 g/mol. The molecule has 6 nitrogen and oxygen atoms in total. The molecular formula is C13H8BrClN2O4. The molecule has 0 fully saturated rings. The minimum Gasteiger partial charge on any atom is -0.508 e. The van der Waals surface area contributed by atoms with E-state index in [9.17, 15) is 20.0 Å². The highest BCUT2D eigenvalue weighted by molar-refractivity contribution is 9.10. The lowest BCUT2D eigenvalue weighted by Gasteiger charge is -2.08. The van der Waals surface area contributed by atoms with Crippen LogP contribution in [-0.4, -0.2) is 15.9 Å². The molecule has 108 valence electrons. The maximum atomic E-state index is 12.1. The van der Waals surface area contributed by atoms with Crippen LogP contribution in [0.1, 0.15) is 10.4 Å². The van der Waals surface area contributed by atoms with Crippen molar-refractivity contribution in [2.24, 2.45) is 0 Å². The lowest BCUT2D eigenvalue weighted by molar-refractivity contribution is -0.385. The van der Waals surface area contributed by atoms with Crippen molar-refractivity contribution in [2.75, 3.05) is 5.32 Å². The first-order valence-electron chi connectivity index (χ1n) is 5.62. The van der Waals surface area contributed by atoms with Gasteiger partial charge in [0, 0.05) is 15.6 Å². The summed E-state index contributed by atoms with van der Waals surface area (Å²) in [6.45, 7) is 0. The van der Waals surface area contributed by atoms with Gasteiger partial charge < -0.3 is 10.4 Å². The van der Waals surface area contributed by atoms with Gasteiger partial charge in [-0.15, -0.1) is 0 Å². The molecular weight excluding hydrogens is 364 g/mol. The van der Waals surface area contributed by atoms with Crippen molar-refractivity contribution < 1.29 is 14.8 Å². The Morgan fingerprint density at radius 2 is 2.00 bits per heavy atom. The SMILES string of the molecule is O=C(Nc1ccc(Cl)cc1Br)c1cc(O)ccc1[N+](=O)[O-]. The Hall–Kier alpha value is -2.12. The molecule has 0 aliphatic rings. The number of hydrogen-bond donors (Lipinski definition) is 2. The molecule has 0 radical (unpaired) electrons. The molecule has 0 aliphatic heterocycles. The van der Waals surface area contributed by atoms with Crippen LogP contribution in [0.3, 0.4) is 0 Å². The number of nitro benzene ring substituents is 1. The molecule has 0 bridgehead atoms. The fourth-order valence-corrected chi connectivity index (χ4v) is 2.43. The maximum absolute atomic E-state index is 12.1. The number of carbonyl (C=O) groups is 1. The van der Waals surface area contributed by atoms with Crippen molar-refractivity contribution in [3.63, 3.8) is 0 Å². The van der Waals surface area contributed by atoms with Crippen LogP contribution in [0, 0.1) is 10.1 Å². The smallest absolute Gasteiger partial charge is 0.282 e. The number of anilines is 1. The summed E-state index contributed by atoms with van der Waals surface area (Å²) in [5.74, 6) is -0.943. The number of benzene rings is 2. The molecule has 2 aromatic rings. The largest absolute Gasteiger partial charge is 0.508 e. The third-order valence-corrected chi connectivity index (χ3v) is 3.49. The summed E-state index contributed by atoms with van der Waals surface area (Å²) in [5.41, 5.74) is -0.223. The highest BCUT2D eigenvalue weighted by Crippen LogP contribution is 2.28. The van der Waals surface area contributed by atoms with E-state index in [4.69, 9.17) is 11.6 Å². The minimum absolute atomic E-state index is 0.234. The summed E-state index contributed by atoms with van der Waals surface area (Å²) in [6.07, 6.45) is 0. The van der Waals surface area contributed by atoms with Crippen molar-refractivity contribution in [2.45, 2.75) is 0 Å². The lowest BCUT2D eigenvalue weighted by atomic mass is 10.1. The van der Waals surface area contributed by atoms with Gasteiger partial charge in [0.25, 0.3) is 11.6 Å². The maximum Gasteiger partial charge on any atom is 0.282 e. The Labute approximate surface area is 132 Å². The van der Waals surface area contributed by atoms with Gasteiger partial charge in [0.05, 0.1) is 10.6 Å². The van der Waals surface area contributed by atoms with E-state index < -0.39 is 16.5 Å². The topological polar surface area (TPSA) is 92.5 Å². The first-order valence-corrected chi connectivity index (χ1v) is 6.79. The predicted molar refractivity (Wildman–Crippen MR) is 81.9 cm³/mol. The first kappa shape index (κ1) is 15.3. The van der Waals surface area contributed by atoms with Gasteiger partial charge in [-0.05, 0) is 46.3 Å². The lowest BCUT2D eigenvalue weighted by Crippen LogP contribution is -2.14. The molecule has 2 rings (SSSR count). The van der Waals surface area contributed by atoms with E-state index in [1.54, 1.807) is 18.2 Å². The molecule has 0 heterocycles. The average molecular weight is 372 g/mol. The van der Waals surface area contributed by atoms with Gasteiger partial charge in [-0.25, -0.2) is 0 Å². The molecule has 2 aromatic carbocycles. The molecule has 0 unspecified atom stereocenters. The highest BCUT2D eigenvalue weighted by atomic mass is 79.9. The Morgan fingerprint density at radius 1 is 1.29 bits per heavy atom. The summed E-state index contributed by atoms with van der Waals surface area (Å²) in [4.78, 5) is 22.4. The number of aromatic hydroxyl groups is 1. The highest BCUT2D eigenvalue weighted by Gasteiger charge is 2.21. The molecule has 0 spiro atoms. The zero-order chi connectivity index (χ0) is 15.6. The number of nitrogens with one attached hydrogen (secondary N) is 1. The Morgan fingerprint density at radius 3 is 2.62 bits per heavy atom. The molecule has 0 saturated carbocycles. The quantitative estimate of drug-likeness (QED) is 0.631. The Kier molecular flexibility index (Phi) is 4.44. The number of carbonyl (C=O) groups excluding carboxylic acids is 1. The Balaban J connectivity index is 2.36. The molecule has 2 N–H and O–H groups in total. The van der Waals surface area contributed by atoms with Crippen molar-refractivity contribution >= 4 is 44.8 Å². The first-order chi connectivity index (χ1) is 9.88. The van der Waals surface area contributed by atoms with Crippen LogP contribution in [0.2, 0.25) is 5.02 Å². The number of amides is 1. The summed E-state index contributed by atoms with van der Waals surface area (Å²) in [7, 11) is 0. The second kappa shape index (κ2) is 6.11. The van der Waals surface area contributed by atoms with Crippen molar-refractivity contribution in [3.05, 3.63) is 61.6 Å². The number of phenolic OH excluding ortho intramolecular Hbond substituents is 1. The molecule has 0 atom stereocenters. The van der Waals surface area contributed by atoms with Gasteiger partial charge in [-0.1, -0.05) is 11.6 Å². The minimum atomic E-state index is -0.708. The van der Waals surface area contributed by atoms with Gasteiger partial charge in [-0.3, -0.25) is 14.9 Å². The van der Waals surface area contributed by atoms with Crippen molar-refractivity contribution in [3.8, 4) is 5.75 Å². The van der Waals surface area contributed by atoms with E-state index in [2.05, 4.69) is 21.2 Å². The van der Waals surface area contributed by atoms with E-state index in [1.165, 1.54) is 0 Å². The standard InChI is InChI=1S/C13H8BrClN2O4/c14-10-5-7(15)1-3-11(10)16-13(19)9-6-8(18)2-4-12(9)17(20)21/h1-6,18H,(H,16,19). The molecule has 0 saturated heterocycles. The van der Waals surface area contributed by atoms with E-state index in [1.807, 2.05) is 0 Å². The van der Waals surface area contributed by atoms with Crippen LogP contribution < -0.4 is 5.32 Å². The fourth-order valence-electron chi connectivity index (χ4n) is 1.65. The summed E-state index contributed by atoms with van der Waals surface area (Å²) in [5, 5.41) is 23.3. The summed E-state index contributed by atoms with van der Waals surface area (Å²) in [6, 6.07) is 7.96. The predicted octanol–water partition coefficient (Wildman–Crippen LogP) is 3.97. The molecule has 0 aromatic heterocycles. The van der Waals surface area contributed by atoms with Gasteiger partial charge in [-0.2, -0.15) is 0 Å². The van der Waals surface area contributed by atoms with E-state index >= 15 is 0 Å². The van der Waals surface area contributed by atoms with Gasteiger partial charge in [0.15, 0.2) is 0 Å². The number of hydrogen-bond acceptors (Lipinski definition) is 4. The van der Waals surface area contributed by atoms with Gasteiger partial charge in [0.1, 0.15) is 11.3 Å². The second-order valence-electron chi connectivity index (χ2n) is 4.04. The number of nitrogens with zero attached hydrogens (tertiary/aromatic N) is 1. The van der Waals surface area contributed by atoms with Crippen molar-refractivity contribution in [1.82, 2.24) is 0 Å². The van der Waals surface area contributed by atoms with Crippen LogP contribution in [0.5, 0.6) is 5.75 Å². The van der Waals surface area contributed by atoms with Crippen molar-refractivity contribution in [1.29, 1.82) is 0 Å². The number of nitro groups is 1. The molecule has 1 amide bonds. The summed E-state index contributed by atoms with van der Waals surface area (Å²) < 4.78 is 0.533. The number of phenols is 1. The van der Waals surface area contributed by atoms with Gasteiger partial charge in [0.2, 0.25) is 0 Å². The van der Waals surface area contributed by atoms with Crippen LogP contribution in [0.15, 0.2) is 40.9 Å². The number of halogens is 2. The van der Waals surface area contributed by atoms with Crippen LogP contribution in [0.25, 0.3) is 0 Å². The van der Waals surface area contributed by atoms with Crippen LogP contribution >= 0.6 is 27.5 Å². The van der Waals surface area contributed by atoms with E-state index in [0.717, 1.165) is 18.2 Å². The second-order valence-corrected chi connectivity index (χ2v) is 5.33. The van der Waals surface area contributed by atoms with Gasteiger partial charge >= 0.3 is 0 Å². The molecule has 21 heavy (non-hydrogen) atoms. The third-order valence-electron chi connectivity index (χ3n) is 2.60. The molecule has 8 heteroatoms. The summed E-state index contributed by atoms with van der Waals surface area (Å²) >= 11 is 9.02. The van der Waals surface area contributed by atoms with E-state index in [0.29, 0.717) is 15.2 Å². The average Bonchev–Trinajstić information content (AvgIpc) is 2.41. The fraction of sp³-hybridized carbons (Fsp3) is 0. The Bertz CT molecular complexity index is 736. The number of rotatable bonds is 3. The van der Waals surface area contributed by atoms with Crippen LogP contribution in [0.4, 0.5) is 11.4 Å². The molecule has 0 aliphatic carbocycles. The van der Waals surface area contributed by atoms with E-state index in [-0.39, 0.29) is 11.3 Å². The normalized spacial score (nSPS) is 10.2. The third kappa shape index (κ3) is 3.50. The van der Waals surface area contributed by atoms with Crippen LogP contribution in [-0.2, 0) is 0 Å². The zero-order valence-corrected chi connectivity index (χ0v) is 12.7. The zero-order valence-electron chi connectivity index (χ0n) is 10.3.